The lowest BCUT2D eigenvalue weighted by atomic mass is 10.2. The summed E-state index contributed by atoms with van der Waals surface area (Å²) in [5.74, 6) is 0.259. The molecule has 0 atom stereocenters. The molecule has 4 heteroatoms. The van der Waals surface area contributed by atoms with E-state index in [0.29, 0.717) is 0 Å². The zero-order valence-corrected chi connectivity index (χ0v) is 7.88. The van der Waals surface area contributed by atoms with Crippen LogP contribution in [0, 0.1) is 6.07 Å². The summed E-state index contributed by atoms with van der Waals surface area (Å²) < 4.78 is 9.83. The highest BCUT2D eigenvalue weighted by molar-refractivity contribution is 5.82. The minimum absolute atomic E-state index is 0.259. The van der Waals surface area contributed by atoms with Gasteiger partial charge in [0.05, 0.1) is 12.3 Å². The van der Waals surface area contributed by atoms with E-state index in [4.69, 9.17) is 9.15 Å². The Kier molecular flexibility index (Phi) is 2.60. The maximum Gasteiger partial charge on any atom is 0.414 e. The summed E-state index contributed by atoms with van der Waals surface area (Å²) in [6.45, 7) is 5.37. The van der Waals surface area contributed by atoms with E-state index in [9.17, 15) is 4.79 Å². The third kappa shape index (κ3) is 3.64. The summed E-state index contributed by atoms with van der Waals surface area (Å²) in [7, 11) is 0. The van der Waals surface area contributed by atoms with E-state index in [1.165, 1.54) is 6.26 Å². The van der Waals surface area contributed by atoms with Crippen LogP contribution in [0.25, 0.3) is 0 Å². The molecule has 0 aromatic carbocycles. The fourth-order valence-electron chi connectivity index (χ4n) is 0.708. The molecule has 1 aromatic heterocycles. The first-order valence-electron chi connectivity index (χ1n) is 3.92. The normalized spacial score (nSPS) is 11.0. The molecular weight excluding hydrogens is 170 g/mol. The van der Waals surface area contributed by atoms with Gasteiger partial charge in [-0.05, 0) is 26.8 Å². The number of carbonyl (C=O) groups excluding carboxylic acids is 1. The zero-order chi connectivity index (χ0) is 9.90. The Bertz CT molecular complexity index is 272. The second-order valence-electron chi connectivity index (χ2n) is 3.52. The quantitative estimate of drug-likeness (QED) is 0.725. The van der Waals surface area contributed by atoms with Crippen molar-refractivity contribution in [3.63, 3.8) is 0 Å². The molecule has 0 aliphatic carbocycles. The number of carbonyl (C=O) groups is 1. The average Bonchev–Trinajstić information content (AvgIpc) is 2.34. The topological polar surface area (TPSA) is 51.5 Å². The molecule has 13 heavy (non-hydrogen) atoms. The zero-order valence-electron chi connectivity index (χ0n) is 7.88. The Labute approximate surface area is 76.9 Å². The smallest absolute Gasteiger partial charge is 0.414 e. The molecule has 0 aliphatic heterocycles. The van der Waals surface area contributed by atoms with E-state index in [1.54, 1.807) is 26.8 Å². The number of anilines is 1. The van der Waals surface area contributed by atoms with Gasteiger partial charge in [0.15, 0.2) is 0 Å². The molecule has 71 valence electrons. The highest BCUT2D eigenvalue weighted by Crippen LogP contribution is 2.10. The highest BCUT2D eigenvalue weighted by atomic mass is 16.6. The van der Waals surface area contributed by atoms with Crippen molar-refractivity contribution in [3.8, 4) is 0 Å². The molecular formula is C9H12NO3. The van der Waals surface area contributed by atoms with Crippen LogP contribution in [0.2, 0.25) is 0 Å². The molecule has 1 radical (unpaired) electrons. The van der Waals surface area contributed by atoms with Crippen LogP contribution < -0.4 is 5.32 Å². The van der Waals surface area contributed by atoms with Crippen molar-refractivity contribution in [2.24, 2.45) is 0 Å². The molecule has 0 bridgehead atoms. The van der Waals surface area contributed by atoms with Crippen molar-refractivity contribution in [3.05, 3.63) is 18.4 Å². The van der Waals surface area contributed by atoms with Crippen LogP contribution in [0.15, 0.2) is 16.7 Å². The van der Waals surface area contributed by atoms with Gasteiger partial charge in [0.1, 0.15) is 5.60 Å². The Morgan fingerprint density at radius 2 is 2.31 bits per heavy atom. The second-order valence-corrected chi connectivity index (χ2v) is 3.52. The third-order valence-electron chi connectivity index (χ3n) is 1.08. The van der Waals surface area contributed by atoms with E-state index in [0.717, 1.165) is 0 Å². The number of hydrogen-bond acceptors (Lipinski definition) is 3. The van der Waals surface area contributed by atoms with Crippen molar-refractivity contribution in [2.75, 3.05) is 5.32 Å². The van der Waals surface area contributed by atoms with Gasteiger partial charge in [0, 0.05) is 0 Å². The van der Waals surface area contributed by atoms with Gasteiger partial charge in [-0.15, -0.1) is 0 Å². The monoisotopic (exact) mass is 182 g/mol. The van der Waals surface area contributed by atoms with Crippen LogP contribution in [0.5, 0.6) is 0 Å². The Morgan fingerprint density at radius 3 is 2.77 bits per heavy atom. The lowest BCUT2D eigenvalue weighted by molar-refractivity contribution is 0.0632. The SMILES string of the molecule is CC(C)(C)OC(=O)Nc1[c]cco1. The Balaban J connectivity index is 2.43. The van der Waals surface area contributed by atoms with Gasteiger partial charge >= 0.3 is 6.09 Å². The summed E-state index contributed by atoms with van der Waals surface area (Å²) >= 11 is 0. The van der Waals surface area contributed by atoms with Crippen molar-refractivity contribution in [1.82, 2.24) is 0 Å². The van der Waals surface area contributed by atoms with E-state index in [2.05, 4.69) is 11.4 Å². The standard InChI is InChI=1S/C9H12NO3/c1-9(2,3)13-8(11)10-7-5-4-6-12-7/h4,6H,1-3H3,(H,10,11). The molecule has 1 aromatic rings. The average molecular weight is 182 g/mol. The predicted molar refractivity (Wildman–Crippen MR) is 47.4 cm³/mol. The minimum Gasteiger partial charge on any atom is -0.448 e. The lowest BCUT2D eigenvalue weighted by Gasteiger charge is -2.18. The molecule has 0 aliphatic rings. The molecule has 0 spiro atoms. The van der Waals surface area contributed by atoms with Crippen LogP contribution >= 0.6 is 0 Å². The van der Waals surface area contributed by atoms with E-state index >= 15 is 0 Å². The van der Waals surface area contributed by atoms with Crippen LogP contribution in [0.3, 0.4) is 0 Å². The summed E-state index contributed by atoms with van der Waals surface area (Å²) in [5.41, 5.74) is -0.503. The first-order valence-corrected chi connectivity index (χ1v) is 3.92. The van der Waals surface area contributed by atoms with Gasteiger partial charge in [-0.25, -0.2) is 4.79 Å². The van der Waals surface area contributed by atoms with Crippen molar-refractivity contribution in [2.45, 2.75) is 26.4 Å². The van der Waals surface area contributed by atoms with Crippen LogP contribution in [-0.2, 0) is 4.74 Å². The molecule has 1 heterocycles. The molecule has 1 amide bonds. The summed E-state index contributed by atoms with van der Waals surface area (Å²) in [4.78, 5) is 11.1. The van der Waals surface area contributed by atoms with Gasteiger partial charge in [-0.3, -0.25) is 5.32 Å². The molecule has 1 rings (SSSR count). The fraction of sp³-hybridized carbons (Fsp3) is 0.444. The van der Waals surface area contributed by atoms with Gasteiger partial charge in [0.2, 0.25) is 5.88 Å². The van der Waals surface area contributed by atoms with Crippen LogP contribution in [-0.4, -0.2) is 11.7 Å². The molecule has 0 fully saturated rings. The summed E-state index contributed by atoms with van der Waals surface area (Å²) in [6.07, 6.45) is 0.880. The first-order chi connectivity index (χ1) is 5.97. The number of ether oxygens (including phenoxy) is 1. The minimum atomic E-state index is -0.543. The van der Waals surface area contributed by atoms with Crippen LogP contribution in [0.4, 0.5) is 10.7 Å². The number of amides is 1. The summed E-state index contributed by atoms with van der Waals surface area (Å²) in [5, 5.41) is 2.40. The van der Waals surface area contributed by atoms with Crippen LogP contribution in [0.1, 0.15) is 20.8 Å². The van der Waals surface area contributed by atoms with E-state index in [-0.39, 0.29) is 5.88 Å². The number of furan rings is 1. The Morgan fingerprint density at radius 1 is 1.62 bits per heavy atom. The Hall–Kier alpha value is -1.45. The van der Waals surface area contributed by atoms with Gasteiger partial charge in [-0.2, -0.15) is 0 Å². The van der Waals surface area contributed by atoms with Crippen molar-refractivity contribution >= 4 is 12.0 Å². The largest absolute Gasteiger partial charge is 0.448 e. The van der Waals surface area contributed by atoms with E-state index < -0.39 is 11.7 Å². The van der Waals surface area contributed by atoms with Crippen molar-refractivity contribution in [1.29, 1.82) is 0 Å². The number of rotatable bonds is 1. The predicted octanol–water partition coefficient (Wildman–Crippen LogP) is 2.43. The number of nitrogens with one attached hydrogen (secondary N) is 1. The fourth-order valence-corrected chi connectivity index (χ4v) is 0.708. The molecule has 0 saturated carbocycles. The maximum absolute atomic E-state index is 11.1. The van der Waals surface area contributed by atoms with E-state index in [1.807, 2.05) is 0 Å². The third-order valence-corrected chi connectivity index (χ3v) is 1.08. The van der Waals surface area contributed by atoms with Gasteiger partial charge in [0.25, 0.3) is 0 Å². The summed E-state index contributed by atoms with van der Waals surface area (Å²) in [6, 6.07) is 4.24. The van der Waals surface area contributed by atoms with Gasteiger partial charge in [-0.1, -0.05) is 0 Å². The van der Waals surface area contributed by atoms with Gasteiger partial charge < -0.3 is 9.15 Å². The molecule has 0 saturated heterocycles. The number of hydrogen-bond donors (Lipinski definition) is 1. The molecule has 1 N–H and O–H groups in total. The molecule has 4 nitrogen and oxygen atoms in total. The first kappa shape index (κ1) is 9.64. The second kappa shape index (κ2) is 3.51. The molecule has 0 unspecified atom stereocenters. The highest BCUT2D eigenvalue weighted by Gasteiger charge is 2.16. The lowest BCUT2D eigenvalue weighted by Crippen LogP contribution is -2.27. The van der Waals surface area contributed by atoms with Crippen molar-refractivity contribution < 1.29 is 13.9 Å². The maximum atomic E-state index is 11.1.